The van der Waals surface area contributed by atoms with E-state index in [9.17, 15) is 0 Å². The molecule has 0 nitrogen and oxygen atoms in total. The van der Waals surface area contributed by atoms with Crippen LogP contribution in [0.2, 0.25) is 0 Å². The Morgan fingerprint density at radius 2 is 2.00 bits per heavy atom. The molecule has 0 aromatic rings. The SMILES string of the molecule is C1=CCC2CC[CH-]C2=C1.[C-]1=CC=CC1.[Cl-].[Cl-].[Zr+4]. The van der Waals surface area contributed by atoms with Crippen LogP contribution in [0.3, 0.4) is 0 Å². The van der Waals surface area contributed by atoms with Gasteiger partial charge in [-0.15, -0.1) is 25.0 Å². The summed E-state index contributed by atoms with van der Waals surface area (Å²) in [6.45, 7) is 0. The van der Waals surface area contributed by atoms with Gasteiger partial charge in [0.25, 0.3) is 0 Å². The van der Waals surface area contributed by atoms with E-state index in [-0.39, 0.29) is 51.0 Å². The van der Waals surface area contributed by atoms with Crippen LogP contribution in [0.4, 0.5) is 0 Å². The van der Waals surface area contributed by atoms with Crippen LogP contribution in [0.15, 0.2) is 42.0 Å². The maximum atomic E-state index is 2.99. The third-order valence-corrected chi connectivity index (χ3v) is 2.80. The molecule has 0 heterocycles. The van der Waals surface area contributed by atoms with Crippen LogP contribution in [0.25, 0.3) is 0 Å². The molecule has 0 amide bonds. The fraction of sp³-hybridized carbons (Fsp3) is 0.357. The topological polar surface area (TPSA) is 0 Å². The molecule has 3 rings (SSSR count). The summed E-state index contributed by atoms with van der Waals surface area (Å²) in [5.41, 5.74) is 1.58. The summed E-state index contributed by atoms with van der Waals surface area (Å²) >= 11 is 0. The third kappa shape index (κ3) is 6.70. The molecular weight excluding hydrogens is 330 g/mol. The van der Waals surface area contributed by atoms with Crippen molar-refractivity contribution in [3.63, 3.8) is 0 Å². The fourth-order valence-corrected chi connectivity index (χ4v) is 2.00. The summed E-state index contributed by atoms with van der Waals surface area (Å²) in [5.74, 6) is 0.884. The van der Waals surface area contributed by atoms with Gasteiger partial charge < -0.3 is 24.8 Å². The molecule has 0 N–H and O–H groups in total. The largest absolute Gasteiger partial charge is 4.00 e. The second-order valence-electron chi connectivity index (χ2n) is 3.81. The molecule has 0 saturated heterocycles. The van der Waals surface area contributed by atoms with Crippen LogP contribution >= 0.6 is 0 Å². The quantitative estimate of drug-likeness (QED) is 0.437. The Kier molecular flexibility index (Phi) is 13.1. The molecular formula is C14H16Cl2Zr. The van der Waals surface area contributed by atoms with E-state index in [0.29, 0.717) is 0 Å². The molecule has 17 heavy (non-hydrogen) atoms. The maximum Gasteiger partial charge on any atom is 4.00 e. The van der Waals surface area contributed by atoms with E-state index in [0.717, 1.165) is 12.3 Å². The van der Waals surface area contributed by atoms with Crippen LogP contribution in [0, 0.1) is 18.4 Å². The maximum absolute atomic E-state index is 2.99. The first-order chi connectivity index (χ1) is 6.97. The zero-order valence-electron chi connectivity index (χ0n) is 9.70. The number of hydrogen-bond acceptors (Lipinski definition) is 0. The van der Waals surface area contributed by atoms with Gasteiger partial charge in [-0.1, -0.05) is 6.42 Å². The normalized spacial score (nSPS) is 21.6. The molecule has 0 radical (unpaired) electrons. The van der Waals surface area contributed by atoms with E-state index in [1.54, 1.807) is 5.57 Å². The zero-order chi connectivity index (χ0) is 9.64. The van der Waals surface area contributed by atoms with Gasteiger partial charge in [0, 0.05) is 0 Å². The van der Waals surface area contributed by atoms with Gasteiger partial charge in [0.05, 0.1) is 0 Å². The average molecular weight is 346 g/mol. The van der Waals surface area contributed by atoms with E-state index < -0.39 is 0 Å². The molecule has 0 aliphatic heterocycles. The van der Waals surface area contributed by atoms with Gasteiger partial charge in [0.2, 0.25) is 0 Å². The molecule has 90 valence electrons. The predicted octanol–water partition coefficient (Wildman–Crippen LogP) is -2.20. The van der Waals surface area contributed by atoms with Gasteiger partial charge in [0.1, 0.15) is 0 Å². The molecule has 1 saturated carbocycles. The first-order valence-corrected chi connectivity index (χ1v) is 5.38. The van der Waals surface area contributed by atoms with Gasteiger partial charge in [-0.05, 0) is 12.3 Å². The van der Waals surface area contributed by atoms with E-state index >= 15 is 0 Å². The number of fused-ring (bicyclic) bond motifs is 1. The van der Waals surface area contributed by atoms with Gasteiger partial charge in [0.15, 0.2) is 0 Å². The number of halogens is 2. The number of rotatable bonds is 0. The molecule has 3 aliphatic carbocycles. The minimum Gasteiger partial charge on any atom is -1.00 e. The smallest absolute Gasteiger partial charge is 1.00 e. The number of hydrogen-bond donors (Lipinski definition) is 0. The molecule has 0 spiro atoms. The second-order valence-corrected chi connectivity index (χ2v) is 3.81. The molecule has 1 unspecified atom stereocenters. The van der Waals surface area contributed by atoms with Crippen LogP contribution in [-0.2, 0) is 26.2 Å². The van der Waals surface area contributed by atoms with Crippen molar-refractivity contribution in [1.82, 2.24) is 0 Å². The van der Waals surface area contributed by atoms with E-state index in [1.165, 1.54) is 19.3 Å². The molecule has 0 aromatic heterocycles. The molecule has 1 fully saturated rings. The summed E-state index contributed by atoms with van der Waals surface area (Å²) in [5, 5.41) is 0. The van der Waals surface area contributed by atoms with Crippen molar-refractivity contribution in [2.45, 2.75) is 25.7 Å². The average Bonchev–Trinajstić information content (AvgIpc) is 2.92. The second kappa shape index (κ2) is 11.4. The standard InChI is InChI=1S/C9H11.C5H5.2ClH.Zr/c1-2-5-9-7-3-6-8(9)4-1;1-2-4-5-3-1;;;/h1-2,4,6,9H,3,5,7H2;1-3H,4H2;2*1H;/q2*-1;;;+4/p-2. The predicted molar refractivity (Wildman–Crippen MR) is 60.4 cm³/mol. The molecule has 3 heteroatoms. The van der Waals surface area contributed by atoms with Crippen molar-refractivity contribution in [2.75, 3.05) is 0 Å². The summed E-state index contributed by atoms with van der Waals surface area (Å²) < 4.78 is 0. The molecule has 1 atom stereocenters. The minimum absolute atomic E-state index is 0. The Morgan fingerprint density at radius 3 is 2.53 bits per heavy atom. The van der Waals surface area contributed by atoms with Crippen LogP contribution in [0.5, 0.6) is 0 Å². The summed E-state index contributed by atoms with van der Waals surface area (Å²) in [4.78, 5) is 0. The van der Waals surface area contributed by atoms with E-state index in [4.69, 9.17) is 0 Å². The summed E-state index contributed by atoms with van der Waals surface area (Å²) in [6.07, 6.45) is 23.0. The van der Waals surface area contributed by atoms with E-state index in [2.05, 4.69) is 36.8 Å². The van der Waals surface area contributed by atoms with Crippen molar-refractivity contribution in [1.29, 1.82) is 0 Å². The number of allylic oxidation sites excluding steroid dienone is 8. The third-order valence-electron chi connectivity index (χ3n) is 2.80. The van der Waals surface area contributed by atoms with Crippen LogP contribution in [0.1, 0.15) is 25.7 Å². The van der Waals surface area contributed by atoms with Gasteiger partial charge in [-0.2, -0.15) is 6.08 Å². The molecule has 0 aromatic carbocycles. The van der Waals surface area contributed by atoms with Crippen LogP contribution < -0.4 is 24.8 Å². The van der Waals surface area contributed by atoms with Gasteiger partial charge >= 0.3 is 26.2 Å². The summed E-state index contributed by atoms with van der Waals surface area (Å²) in [7, 11) is 0. The fourth-order valence-electron chi connectivity index (χ4n) is 2.00. The van der Waals surface area contributed by atoms with Gasteiger partial charge in [-0.3, -0.25) is 6.08 Å². The monoisotopic (exact) mass is 344 g/mol. The summed E-state index contributed by atoms with van der Waals surface area (Å²) in [6, 6.07) is 0. The Hall–Kier alpha value is 0.293. The molecule has 3 aliphatic rings. The van der Waals surface area contributed by atoms with Crippen molar-refractivity contribution < 1.29 is 51.0 Å². The van der Waals surface area contributed by atoms with Crippen molar-refractivity contribution in [2.24, 2.45) is 5.92 Å². The van der Waals surface area contributed by atoms with Gasteiger partial charge in [-0.25, -0.2) is 30.2 Å². The zero-order valence-corrected chi connectivity index (χ0v) is 13.7. The van der Waals surface area contributed by atoms with Crippen molar-refractivity contribution in [3.8, 4) is 0 Å². The minimum atomic E-state index is 0. The van der Waals surface area contributed by atoms with Crippen molar-refractivity contribution in [3.05, 3.63) is 54.5 Å². The van der Waals surface area contributed by atoms with Crippen molar-refractivity contribution >= 4 is 0 Å². The van der Waals surface area contributed by atoms with E-state index in [1.807, 2.05) is 12.2 Å². The Bertz CT molecular complexity index is 293. The Balaban J connectivity index is 0. The molecule has 0 bridgehead atoms. The first-order valence-electron chi connectivity index (χ1n) is 5.38. The van der Waals surface area contributed by atoms with Crippen LogP contribution in [-0.4, -0.2) is 0 Å². The Labute approximate surface area is 136 Å². The first kappa shape index (κ1) is 19.6. The Morgan fingerprint density at radius 1 is 1.18 bits per heavy atom.